The summed E-state index contributed by atoms with van der Waals surface area (Å²) in [5.41, 5.74) is 0. The van der Waals surface area contributed by atoms with E-state index in [0.29, 0.717) is 18.5 Å². The van der Waals surface area contributed by atoms with Crippen molar-refractivity contribution in [2.24, 2.45) is 5.92 Å². The second-order valence-corrected chi connectivity index (χ2v) is 4.93. The lowest BCUT2D eigenvalue weighted by Gasteiger charge is -2.37. The Bertz CT molecular complexity index is 423. The second kappa shape index (κ2) is 6.10. The van der Waals surface area contributed by atoms with Crippen molar-refractivity contribution in [1.82, 2.24) is 5.32 Å². The van der Waals surface area contributed by atoms with Crippen LogP contribution in [0.15, 0.2) is 16.5 Å². The minimum absolute atomic E-state index is 0.0940. The van der Waals surface area contributed by atoms with Crippen LogP contribution in [0.3, 0.4) is 0 Å². The molecule has 0 unspecified atom stereocenters. The fourth-order valence-electron chi connectivity index (χ4n) is 2.41. The van der Waals surface area contributed by atoms with Gasteiger partial charge >= 0.3 is 0 Å². The largest absolute Gasteiger partial charge is 0.465 e. The summed E-state index contributed by atoms with van der Waals surface area (Å²) in [5, 5.41) is 12.3. The minimum atomic E-state index is -0.223. The monoisotopic (exact) mass is 267 g/mol. The van der Waals surface area contributed by atoms with Crippen LogP contribution in [0.25, 0.3) is 0 Å². The molecule has 19 heavy (non-hydrogen) atoms. The predicted molar refractivity (Wildman–Crippen MR) is 70.2 cm³/mol. The summed E-state index contributed by atoms with van der Waals surface area (Å²) < 4.78 is 10.5. The summed E-state index contributed by atoms with van der Waals surface area (Å²) in [5.74, 6) is 0.769. The van der Waals surface area contributed by atoms with E-state index in [1.807, 2.05) is 13.8 Å². The van der Waals surface area contributed by atoms with Gasteiger partial charge in [-0.2, -0.15) is 0 Å². The third-order valence-corrected chi connectivity index (χ3v) is 3.57. The van der Waals surface area contributed by atoms with E-state index in [9.17, 15) is 9.90 Å². The van der Waals surface area contributed by atoms with Crippen molar-refractivity contribution in [2.45, 2.75) is 45.3 Å². The molecule has 1 aliphatic rings. The molecule has 1 fully saturated rings. The van der Waals surface area contributed by atoms with Gasteiger partial charge in [0.05, 0.1) is 12.7 Å². The van der Waals surface area contributed by atoms with Crippen LogP contribution in [0.1, 0.15) is 43.7 Å². The Morgan fingerprint density at radius 2 is 2.26 bits per heavy atom. The predicted octanol–water partition coefficient (Wildman–Crippen LogP) is 1.96. The van der Waals surface area contributed by atoms with Crippen molar-refractivity contribution >= 4 is 5.91 Å². The van der Waals surface area contributed by atoms with Gasteiger partial charge in [-0.25, -0.2) is 0 Å². The highest BCUT2D eigenvalue weighted by Gasteiger charge is 2.34. The van der Waals surface area contributed by atoms with E-state index in [1.165, 1.54) is 0 Å². The highest BCUT2D eigenvalue weighted by Crippen LogP contribution is 2.31. The SMILES string of the molecule is CCOc1ccc(C(=O)N[C@@H](CC)C2CC(O)C2)o1. The molecule has 0 bridgehead atoms. The van der Waals surface area contributed by atoms with Gasteiger partial charge in [-0.3, -0.25) is 4.79 Å². The maximum absolute atomic E-state index is 12.0. The van der Waals surface area contributed by atoms with Crippen molar-refractivity contribution in [1.29, 1.82) is 0 Å². The van der Waals surface area contributed by atoms with E-state index in [1.54, 1.807) is 12.1 Å². The summed E-state index contributed by atoms with van der Waals surface area (Å²) in [4.78, 5) is 12.0. The Morgan fingerprint density at radius 1 is 1.53 bits per heavy atom. The lowest BCUT2D eigenvalue weighted by atomic mass is 9.76. The number of ether oxygens (including phenoxy) is 1. The normalized spacial score (nSPS) is 23.5. The number of hydrogen-bond acceptors (Lipinski definition) is 4. The number of carbonyl (C=O) groups excluding carboxylic acids is 1. The van der Waals surface area contributed by atoms with Crippen LogP contribution in [0.2, 0.25) is 0 Å². The molecule has 1 atom stereocenters. The summed E-state index contributed by atoms with van der Waals surface area (Å²) in [6.45, 7) is 4.40. The van der Waals surface area contributed by atoms with Crippen molar-refractivity contribution in [2.75, 3.05) is 6.61 Å². The summed E-state index contributed by atoms with van der Waals surface area (Å²) in [6.07, 6.45) is 2.17. The first-order valence-corrected chi connectivity index (χ1v) is 6.85. The van der Waals surface area contributed by atoms with E-state index < -0.39 is 0 Å². The fourth-order valence-corrected chi connectivity index (χ4v) is 2.41. The van der Waals surface area contributed by atoms with E-state index in [2.05, 4.69) is 5.32 Å². The maximum Gasteiger partial charge on any atom is 0.287 e. The number of nitrogens with one attached hydrogen (secondary N) is 1. The molecule has 2 rings (SSSR count). The van der Waals surface area contributed by atoms with Crippen molar-refractivity contribution in [3.63, 3.8) is 0 Å². The van der Waals surface area contributed by atoms with Gasteiger partial charge < -0.3 is 19.6 Å². The van der Waals surface area contributed by atoms with E-state index in [-0.39, 0.29) is 23.8 Å². The fraction of sp³-hybridized carbons (Fsp3) is 0.643. The molecule has 1 saturated carbocycles. The molecule has 0 saturated heterocycles. The molecule has 106 valence electrons. The highest BCUT2D eigenvalue weighted by molar-refractivity contribution is 5.91. The Balaban J connectivity index is 1.91. The molecular formula is C14H21NO4. The van der Waals surface area contributed by atoms with Gasteiger partial charge in [-0.05, 0) is 38.2 Å². The molecule has 5 heteroatoms. The molecule has 1 aromatic rings. The van der Waals surface area contributed by atoms with Crippen LogP contribution in [0, 0.1) is 5.92 Å². The van der Waals surface area contributed by atoms with Crippen molar-refractivity contribution < 1.29 is 19.1 Å². The third-order valence-electron chi connectivity index (χ3n) is 3.57. The average molecular weight is 267 g/mol. The standard InChI is InChI=1S/C14H21NO4/c1-3-11(9-7-10(16)8-9)15-14(17)12-5-6-13(19-12)18-4-2/h5-6,9-11,16H,3-4,7-8H2,1-2H3,(H,15,17)/t9?,10?,11-/m0/s1. The molecule has 5 nitrogen and oxygen atoms in total. The number of amides is 1. The smallest absolute Gasteiger partial charge is 0.287 e. The molecule has 1 aliphatic carbocycles. The number of hydrogen-bond donors (Lipinski definition) is 2. The number of carbonyl (C=O) groups is 1. The molecule has 1 heterocycles. The van der Waals surface area contributed by atoms with Crippen molar-refractivity contribution in [3.8, 4) is 5.95 Å². The highest BCUT2D eigenvalue weighted by atomic mass is 16.6. The van der Waals surface area contributed by atoms with Gasteiger partial charge in [-0.1, -0.05) is 6.92 Å². The molecule has 2 N–H and O–H groups in total. The van der Waals surface area contributed by atoms with E-state index in [0.717, 1.165) is 19.3 Å². The topological polar surface area (TPSA) is 71.7 Å². The number of aliphatic hydroxyl groups excluding tert-OH is 1. The molecule has 1 amide bonds. The molecule has 0 spiro atoms. The van der Waals surface area contributed by atoms with Crippen LogP contribution in [-0.4, -0.2) is 29.8 Å². The van der Waals surface area contributed by atoms with Gasteiger partial charge in [0.15, 0.2) is 5.76 Å². The first-order chi connectivity index (χ1) is 9.13. The third kappa shape index (κ3) is 3.29. The Kier molecular flexibility index (Phi) is 4.47. The summed E-state index contributed by atoms with van der Waals surface area (Å²) in [7, 11) is 0. The van der Waals surface area contributed by atoms with Gasteiger partial charge in [0.2, 0.25) is 0 Å². The van der Waals surface area contributed by atoms with Crippen LogP contribution < -0.4 is 10.1 Å². The molecule has 0 radical (unpaired) electrons. The van der Waals surface area contributed by atoms with Gasteiger partial charge in [-0.15, -0.1) is 0 Å². The minimum Gasteiger partial charge on any atom is -0.465 e. The Morgan fingerprint density at radius 3 is 2.84 bits per heavy atom. The zero-order valence-electron chi connectivity index (χ0n) is 11.4. The Hall–Kier alpha value is -1.49. The van der Waals surface area contributed by atoms with E-state index in [4.69, 9.17) is 9.15 Å². The van der Waals surface area contributed by atoms with Gasteiger partial charge in [0.1, 0.15) is 0 Å². The van der Waals surface area contributed by atoms with Crippen LogP contribution in [-0.2, 0) is 0 Å². The summed E-state index contributed by atoms with van der Waals surface area (Å²) in [6, 6.07) is 3.35. The van der Waals surface area contributed by atoms with Gasteiger partial charge in [0.25, 0.3) is 11.9 Å². The average Bonchev–Trinajstić information content (AvgIpc) is 2.81. The van der Waals surface area contributed by atoms with Crippen LogP contribution in [0.4, 0.5) is 0 Å². The lowest BCUT2D eigenvalue weighted by molar-refractivity contribution is 0.0229. The lowest BCUT2D eigenvalue weighted by Crippen LogP contribution is -2.46. The maximum atomic E-state index is 12.0. The van der Waals surface area contributed by atoms with Crippen molar-refractivity contribution in [3.05, 3.63) is 17.9 Å². The molecule has 1 aromatic heterocycles. The second-order valence-electron chi connectivity index (χ2n) is 4.93. The van der Waals surface area contributed by atoms with Crippen LogP contribution in [0.5, 0.6) is 5.95 Å². The zero-order chi connectivity index (χ0) is 13.8. The quantitative estimate of drug-likeness (QED) is 0.826. The zero-order valence-corrected chi connectivity index (χ0v) is 11.4. The van der Waals surface area contributed by atoms with Crippen LogP contribution >= 0.6 is 0 Å². The number of rotatable bonds is 6. The first-order valence-electron chi connectivity index (χ1n) is 6.85. The van der Waals surface area contributed by atoms with E-state index >= 15 is 0 Å². The van der Waals surface area contributed by atoms with Gasteiger partial charge in [0, 0.05) is 12.1 Å². The first kappa shape index (κ1) is 13.9. The number of aliphatic hydroxyl groups is 1. The number of furan rings is 1. The molecule has 0 aliphatic heterocycles. The molecule has 0 aromatic carbocycles. The Labute approximate surface area is 112 Å². The summed E-state index contributed by atoms with van der Waals surface area (Å²) >= 11 is 0. The molecular weight excluding hydrogens is 246 g/mol.